The Labute approximate surface area is 105 Å². The first-order valence-corrected chi connectivity index (χ1v) is 6.16. The maximum Gasteiger partial charge on any atom is 0.254 e. The molecule has 0 amide bonds. The van der Waals surface area contributed by atoms with E-state index >= 15 is 0 Å². The number of rotatable bonds is 5. The summed E-state index contributed by atoms with van der Waals surface area (Å²) in [6, 6.07) is 1.96. The number of nitrogens with one attached hydrogen (secondary N) is 1. The lowest BCUT2D eigenvalue weighted by molar-refractivity contribution is 0.745. The van der Waals surface area contributed by atoms with E-state index < -0.39 is 0 Å². The molecule has 1 unspecified atom stereocenters. The average molecular weight is 254 g/mol. The fraction of sp³-hybridized carbons (Fsp3) is 0.545. The molecule has 0 aliphatic carbocycles. The van der Waals surface area contributed by atoms with Crippen LogP contribution in [0.2, 0.25) is 0 Å². The molecule has 0 aromatic carbocycles. The van der Waals surface area contributed by atoms with Crippen molar-refractivity contribution in [1.29, 1.82) is 0 Å². The minimum Gasteiger partial charge on any atom is -0.370 e. The molecule has 0 radical (unpaired) electrons. The van der Waals surface area contributed by atoms with Crippen molar-refractivity contribution in [1.82, 2.24) is 19.6 Å². The number of alkyl halides is 1. The monoisotopic (exact) mass is 253 g/mol. The molecular weight excluding hydrogens is 238 g/mol. The molecule has 0 aliphatic heterocycles. The van der Waals surface area contributed by atoms with E-state index in [1.807, 2.05) is 19.9 Å². The predicted octanol–water partition coefficient (Wildman–Crippen LogP) is 2.25. The smallest absolute Gasteiger partial charge is 0.254 e. The largest absolute Gasteiger partial charge is 0.370 e. The molecular formula is C11H16ClN5. The van der Waals surface area contributed by atoms with Crippen LogP contribution in [0, 0.1) is 6.92 Å². The zero-order valence-corrected chi connectivity index (χ0v) is 10.8. The zero-order chi connectivity index (χ0) is 12.3. The summed E-state index contributed by atoms with van der Waals surface area (Å²) in [6.45, 7) is 4.82. The van der Waals surface area contributed by atoms with Gasteiger partial charge in [-0.05, 0) is 26.7 Å². The number of aromatic nitrogens is 4. The second kappa shape index (κ2) is 5.31. The topological polar surface area (TPSA) is 55.1 Å². The van der Waals surface area contributed by atoms with E-state index in [0.717, 1.165) is 30.9 Å². The van der Waals surface area contributed by atoms with Crippen LogP contribution in [0.1, 0.15) is 25.5 Å². The van der Waals surface area contributed by atoms with Crippen LogP contribution in [-0.2, 0) is 0 Å². The Kier molecular flexibility index (Phi) is 3.78. The van der Waals surface area contributed by atoms with E-state index in [0.29, 0.717) is 5.78 Å². The van der Waals surface area contributed by atoms with Gasteiger partial charge in [0.05, 0.1) is 0 Å². The highest BCUT2D eigenvalue weighted by Gasteiger charge is 2.04. The van der Waals surface area contributed by atoms with Gasteiger partial charge in [0.2, 0.25) is 0 Å². The maximum atomic E-state index is 5.90. The molecule has 0 spiro atoms. The molecule has 2 heterocycles. The van der Waals surface area contributed by atoms with Crippen LogP contribution in [0.15, 0.2) is 12.4 Å². The first-order chi connectivity index (χ1) is 8.16. The Hall–Kier alpha value is -1.36. The lowest BCUT2D eigenvalue weighted by Crippen LogP contribution is -2.09. The fourth-order valence-corrected chi connectivity index (χ4v) is 1.81. The molecule has 17 heavy (non-hydrogen) atoms. The van der Waals surface area contributed by atoms with Gasteiger partial charge in [0.15, 0.2) is 0 Å². The molecule has 2 aromatic rings. The lowest BCUT2D eigenvalue weighted by Gasteiger charge is -2.08. The number of fused-ring (bicyclic) bond motifs is 1. The van der Waals surface area contributed by atoms with Crippen molar-refractivity contribution in [3.63, 3.8) is 0 Å². The van der Waals surface area contributed by atoms with Crippen molar-refractivity contribution in [3.8, 4) is 0 Å². The molecule has 1 N–H and O–H groups in total. The molecule has 0 fully saturated rings. The maximum absolute atomic E-state index is 5.90. The van der Waals surface area contributed by atoms with Gasteiger partial charge in [-0.15, -0.1) is 11.6 Å². The van der Waals surface area contributed by atoms with Gasteiger partial charge >= 0.3 is 0 Å². The molecule has 2 rings (SSSR count). The number of halogens is 1. The Morgan fingerprint density at radius 2 is 2.35 bits per heavy atom. The molecule has 1 atom stereocenters. The van der Waals surface area contributed by atoms with E-state index in [2.05, 4.69) is 20.4 Å². The van der Waals surface area contributed by atoms with E-state index in [1.165, 1.54) is 6.33 Å². The Balaban J connectivity index is 2.04. The van der Waals surface area contributed by atoms with Gasteiger partial charge in [0, 0.05) is 23.7 Å². The SMILES string of the molecule is Cc1cc(NCCCC(C)Cl)n2ncnc2n1. The standard InChI is InChI=1S/C11H16ClN5/c1-8(12)4-3-5-13-10-6-9(2)16-11-14-7-15-17(10)11/h6-8,13H,3-5H2,1-2H3. The van der Waals surface area contributed by atoms with E-state index in [1.54, 1.807) is 4.52 Å². The van der Waals surface area contributed by atoms with Gasteiger partial charge in [-0.1, -0.05) is 0 Å². The van der Waals surface area contributed by atoms with Gasteiger partial charge in [-0.25, -0.2) is 4.98 Å². The van der Waals surface area contributed by atoms with Crippen molar-refractivity contribution in [3.05, 3.63) is 18.1 Å². The van der Waals surface area contributed by atoms with Gasteiger partial charge < -0.3 is 5.32 Å². The van der Waals surface area contributed by atoms with Gasteiger partial charge in [-0.3, -0.25) is 0 Å². The van der Waals surface area contributed by atoms with Crippen LogP contribution in [0.4, 0.5) is 5.82 Å². The van der Waals surface area contributed by atoms with Crippen LogP contribution in [0.3, 0.4) is 0 Å². The molecule has 92 valence electrons. The van der Waals surface area contributed by atoms with Crippen molar-refractivity contribution < 1.29 is 0 Å². The van der Waals surface area contributed by atoms with Crippen LogP contribution in [0.5, 0.6) is 0 Å². The number of aryl methyl sites for hydroxylation is 1. The van der Waals surface area contributed by atoms with Gasteiger partial charge in [0.25, 0.3) is 5.78 Å². The van der Waals surface area contributed by atoms with Crippen LogP contribution >= 0.6 is 11.6 Å². The third-order valence-corrected chi connectivity index (χ3v) is 2.68. The van der Waals surface area contributed by atoms with Crippen molar-refractivity contribution in [2.45, 2.75) is 32.1 Å². The number of hydrogen-bond acceptors (Lipinski definition) is 4. The first kappa shape index (κ1) is 12.1. The van der Waals surface area contributed by atoms with Crippen molar-refractivity contribution >= 4 is 23.2 Å². The second-order valence-electron chi connectivity index (χ2n) is 4.10. The van der Waals surface area contributed by atoms with E-state index in [-0.39, 0.29) is 5.38 Å². The van der Waals surface area contributed by atoms with Crippen molar-refractivity contribution in [2.24, 2.45) is 0 Å². The summed E-state index contributed by atoms with van der Waals surface area (Å²) < 4.78 is 1.71. The zero-order valence-electron chi connectivity index (χ0n) is 10.0. The summed E-state index contributed by atoms with van der Waals surface area (Å²) in [7, 11) is 0. The highest BCUT2D eigenvalue weighted by Crippen LogP contribution is 2.11. The quantitative estimate of drug-likeness (QED) is 0.656. The Morgan fingerprint density at radius 1 is 1.53 bits per heavy atom. The molecule has 0 saturated carbocycles. The average Bonchev–Trinajstić information content (AvgIpc) is 2.71. The number of anilines is 1. The highest BCUT2D eigenvalue weighted by atomic mass is 35.5. The Morgan fingerprint density at radius 3 is 3.12 bits per heavy atom. The Bertz CT molecular complexity index is 494. The second-order valence-corrected chi connectivity index (χ2v) is 4.85. The predicted molar refractivity (Wildman–Crippen MR) is 68.6 cm³/mol. The normalized spacial score (nSPS) is 12.9. The summed E-state index contributed by atoms with van der Waals surface area (Å²) in [5.74, 6) is 1.55. The molecule has 0 saturated heterocycles. The number of hydrogen-bond donors (Lipinski definition) is 1. The summed E-state index contributed by atoms with van der Waals surface area (Å²) in [5, 5.41) is 7.68. The fourth-order valence-electron chi connectivity index (χ4n) is 1.66. The highest BCUT2D eigenvalue weighted by molar-refractivity contribution is 6.20. The minimum absolute atomic E-state index is 0.224. The van der Waals surface area contributed by atoms with Crippen LogP contribution < -0.4 is 5.32 Å². The van der Waals surface area contributed by atoms with Crippen LogP contribution in [0.25, 0.3) is 5.78 Å². The number of nitrogens with zero attached hydrogens (tertiary/aromatic N) is 4. The lowest BCUT2D eigenvalue weighted by atomic mass is 10.2. The summed E-state index contributed by atoms with van der Waals surface area (Å²) >= 11 is 5.90. The molecule has 6 heteroatoms. The van der Waals surface area contributed by atoms with Crippen LogP contribution in [-0.4, -0.2) is 31.5 Å². The summed E-state index contributed by atoms with van der Waals surface area (Å²) in [4.78, 5) is 8.36. The van der Waals surface area contributed by atoms with E-state index in [9.17, 15) is 0 Å². The summed E-state index contributed by atoms with van der Waals surface area (Å²) in [5.41, 5.74) is 0.929. The molecule has 0 bridgehead atoms. The van der Waals surface area contributed by atoms with E-state index in [4.69, 9.17) is 11.6 Å². The minimum atomic E-state index is 0.224. The van der Waals surface area contributed by atoms with Gasteiger partial charge in [0.1, 0.15) is 12.1 Å². The molecule has 0 aliphatic rings. The molecule has 5 nitrogen and oxygen atoms in total. The third-order valence-electron chi connectivity index (χ3n) is 2.46. The van der Waals surface area contributed by atoms with Gasteiger partial charge in [-0.2, -0.15) is 14.6 Å². The molecule has 2 aromatic heterocycles. The third kappa shape index (κ3) is 3.06. The van der Waals surface area contributed by atoms with Crippen molar-refractivity contribution in [2.75, 3.05) is 11.9 Å². The first-order valence-electron chi connectivity index (χ1n) is 5.72. The summed E-state index contributed by atoms with van der Waals surface area (Å²) in [6.07, 6.45) is 3.54.